The molecular weight excluding hydrogens is 248 g/mol. The smallest absolute Gasteiger partial charge is 0.358 e. The number of ether oxygens (including phenoxy) is 1. The van der Waals surface area contributed by atoms with Gasteiger partial charge in [0.25, 0.3) is 0 Å². The van der Waals surface area contributed by atoms with Gasteiger partial charge in [0.1, 0.15) is 11.1 Å². The van der Waals surface area contributed by atoms with Gasteiger partial charge in [-0.2, -0.15) is 0 Å². The molecule has 2 rings (SSSR count). The van der Waals surface area contributed by atoms with Crippen LogP contribution >= 0.6 is 11.3 Å². The Morgan fingerprint density at radius 1 is 1.61 bits per heavy atom. The summed E-state index contributed by atoms with van der Waals surface area (Å²) in [5, 5.41) is 2.51. The van der Waals surface area contributed by atoms with Crippen molar-refractivity contribution in [3.05, 3.63) is 16.1 Å². The van der Waals surface area contributed by atoms with Crippen LogP contribution in [0.15, 0.2) is 5.38 Å². The quantitative estimate of drug-likeness (QED) is 0.856. The summed E-state index contributed by atoms with van der Waals surface area (Å²) in [5.41, 5.74) is 6.12. The van der Waals surface area contributed by atoms with E-state index in [9.17, 15) is 4.79 Å². The van der Waals surface area contributed by atoms with E-state index in [-0.39, 0.29) is 18.1 Å². The van der Waals surface area contributed by atoms with E-state index in [1.807, 2.05) is 6.92 Å². The van der Waals surface area contributed by atoms with Gasteiger partial charge in [-0.1, -0.05) is 13.3 Å². The van der Waals surface area contributed by atoms with E-state index >= 15 is 0 Å². The Kier molecular flexibility index (Phi) is 4.35. The molecule has 1 aliphatic carbocycles. The van der Waals surface area contributed by atoms with Crippen molar-refractivity contribution in [2.24, 2.45) is 11.7 Å². The SMILES string of the molecule is CC1CCCC(OC(=O)c2csc(C(C)N)n2)C1. The molecule has 0 aromatic carbocycles. The fraction of sp³-hybridized carbons (Fsp3) is 0.692. The van der Waals surface area contributed by atoms with Crippen LogP contribution in [0.4, 0.5) is 0 Å². The molecule has 18 heavy (non-hydrogen) atoms. The van der Waals surface area contributed by atoms with Crippen molar-refractivity contribution in [1.82, 2.24) is 4.98 Å². The molecule has 5 heteroatoms. The molecule has 0 saturated heterocycles. The standard InChI is InChI=1S/C13H20N2O2S/c1-8-4-3-5-10(6-8)17-13(16)11-7-18-12(15-11)9(2)14/h7-10H,3-6,14H2,1-2H3. The molecule has 1 saturated carbocycles. The number of esters is 1. The van der Waals surface area contributed by atoms with E-state index in [1.54, 1.807) is 5.38 Å². The van der Waals surface area contributed by atoms with E-state index in [0.29, 0.717) is 11.6 Å². The number of hydrogen-bond acceptors (Lipinski definition) is 5. The minimum absolute atomic E-state index is 0.0571. The molecule has 0 amide bonds. The lowest BCUT2D eigenvalue weighted by molar-refractivity contribution is 0.0149. The minimum Gasteiger partial charge on any atom is -0.458 e. The lowest BCUT2D eigenvalue weighted by Crippen LogP contribution is -2.24. The molecule has 0 aliphatic heterocycles. The second-order valence-electron chi connectivity index (χ2n) is 5.16. The summed E-state index contributed by atoms with van der Waals surface area (Å²) in [4.78, 5) is 16.1. The van der Waals surface area contributed by atoms with E-state index in [0.717, 1.165) is 24.3 Å². The van der Waals surface area contributed by atoms with Crippen LogP contribution in [0.3, 0.4) is 0 Å². The maximum absolute atomic E-state index is 11.9. The van der Waals surface area contributed by atoms with Crippen molar-refractivity contribution in [3.8, 4) is 0 Å². The van der Waals surface area contributed by atoms with Crippen molar-refractivity contribution >= 4 is 17.3 Å². The second-order valence-corrected chi connectivity index (χ2v) is 6.05. The zero-order chi connectivity index (χ0) is 13.1. The number of thiazole rings is 1. The van der Waals surface area contributed by atoms with Gasteiger partial charge in [-0.25, -0.2) is 9.78 Å². The molecule has 1 heterocycles. The molecule has 1 aromatic heterocycles. The van der Waals surface area contributed by atoms with Gasteiger partial charge in [-0.15, -0.1) is 11.3 Å². The number of carbonyl (C=O) groups is 1. The number of rotatable bonds is 3. The Morgan fingerprint density at radius 3 is 3.00 bits per heavy atom. The van der Waals surface area contributed by atoms with E-state index < -0.39 is 0 Å². The third-order valence-electron chi connectivity index (χ3n) is 3.28. The first-order valence-electron chi connectivity index (χ1n) is 6.48. The number of carbonyl (C=O) groups excluding carboxylic acids is 1. The highest BCUT2D eigenvalue weighted by Gasteiger charge is 2.24. The molecule has 0 radical (unpaired) electrons. The molecule has 0 spiro atoms. The Hall–Kier alpha value is -0.940. The molecule has 100 valence electrons. The predicted octanol–water partition coefficient (Wildman–Crippen LogP) is 2.90. The molecule has 1 aliphatic rings. The average molecular weight is 268 g/mol. The van der Waals surface area contributed by atoms with Gasteiger partial charge in [-0.05, 0) is 32.1 Å². The van der Waals surface area contributed by atoms with Crippen LogP contribution in [0, 0.1) is 5.92 Å². The van der Waals surface area contributed by atoms with Crippen LogP contribution in [0.5, 0.6) is 0 Å². The lowest BCUT2D eigenvalue weighted by Gasteiger charge is -2.26. The topological polar surface area (TPSA) is 65.2 Å². The first-order chi connectivity index (χ1) is 8.56. The first-order valence-corrected chi connectivity index (χ1v) is 7.36. The molecule has 1 fully saturated rings. The fourth-order valence-corrected chi connectivity index (χ4v) is 3.03. The van der Waals surface area contributed by atoms with Crippen LogP contribution in [0.1, 0.15) is 61.1 Å². The average Bonchev–Trinajstić information content (AvgIpc) is 2.78. The maximum Gasteiger partial charge on any atom is 0.358 e. The largest absolute Gasteiger partial charge is 0.458 e. The number of nitrogens with two attached hydrogens (primary N) is 1. The first kappa shape index (κ1) is 13.5. The van der Waals surface area contributed by atoms with Gasteiger partial charge >= 0.3 is 5.97 Å². The monoisotopic (exact) mass is 268 g/mol. The Morgan fingerprint density at radius 2 is 2.39 bits per heavy atom. The van der Waals surface area contributed by atoms with Crippen molar-refractivity contribution in [3.63, 3.8) is 0 Å². The van der Waals surface area contributed by atoms with Gasteiger partial charge in [-0.3, -0.25) is 0 Å². The molecule has 2 N–H and O–H groups in total. The highest BCUT2D eigenvalue weighted by atomic mass is 32.1. The van der Waals surface area contributed by atoms with Crippen LogP contribution in [0.2, 0.25) is 0 Å². The Balaban J connectivity index is 1.94. The highest BCUT2D eigenvalue weighted by molar-refractivity contribution is 7.09. The Labute approximate surface area is 112 Å². The van der Waals surface area contributed by atoms with Gasteiger partial charge in [0.15, 0.2) is 5.69 Å². The lowest BCUT2D eigenvalue weighted by atomic mass is 9.89. The number of aromatic nitrogens is 1. The summed E-state index contributed by atoms with van der Waals surface area (Å²) < 4.78 is 5.51. The Bertz CT molecular complexity index is 417. The third kappa shape index (κ3) is 3.29. The molecule has 0 bridgehead atoms. The molecule has 3 atom stereocenters. The van der Waals surface area contributed by atoms with Crippen LogP contribution in [-0.2, 0) is 4.74 Å². The molecular formula is C13H20N2O2S. The van der Waals surface area contributed by atoms with Crippen molar-refractivity contribution in [1.29, 1.82) is 0 Å². The van der Waals surface area contributed by atoms with Crippen LogP contribution < -0.4 is 5.73 Å². The summed E-state index contributed by atoms with van der Waals surface area (Å²) >= 11 is 1.41. The number of nitrogens with zero attached hydrogens (tertiary/aromatic N) is 1. The summed E-state index contributed by atoms with van der Waals surface area (Å²) in [6, 6.07) is -0.133. The predicted molar refractivity (Wildman–Crippen MR) is 71.6 cm³/mol. The zero-order valence-corrected chi connectivity index (χ0v) is 11.7. The van der Waals surface area contributed by atoms with Gasteiger partial charge in [0.2, 0.25) is 0 Å². The minimum atomic E-state index is -0.308. The zero-order valence-electron chi connectivity index (χ0n) is 10.9. The molecule has 3 unspecified atom stereocenters. The number of hydrogen-bond donors (Lipinski definition) is 1. The van der Waals surface area contributed by atoms with Crippen molar-refractivity contribution in [2.75, 3.05) is 0 Å². The highest BCUT2D eigenvalue weighted by Crippen LogP contribution is 2.26. The van der Waals surface area contributed by atoms with Gasteiger partial charge in [0, 0.05) is 5.38 Å². The van der Waals surface area contributed by atoms with Crippen LogP contribution in [-0.4, -0.2) is 17.1 Å². The fourth-order valence-electron chi connectivity index (χ4n) is 2.29. The summed E-state index contributed by atoms with van der Waals surface area (Å²) in [5.74, 6) is 0.337. The van der Waals surface area contributed by atoms with Gasteiger partial charge < -0.3 is 10.5 Å². The van der Waals surface area contributed by atoms with E-state index in [2.05, 4.69) is 11.9 Å². The molecule has 1 aromatic rings. The van der Waals surface area contributed by atoms with Crippen molar-refractivity contribution < 1.29 is 9.53 Å². The van der Waals surface area contributed by atoms with Crippen LogP contribution in [0.25, 0.3) is 0 Å². The summed E-state index contributed by atoms with van der Waals surface area (Å²) in [7, 11) is 0. The second kappa shape index (κ2) is 5.80. The summed E-state index contributed by atoms with van der Waals surface area (Å²) in [6.45, 7) is 4.06. The maximum atomic E-state index is 11.9. The normalized spacial score (nSPS) is 25.7. The van der Waals surface area contributed by atoms with Gasteiger partial charge in [0.05, 0.1) is 6.04 Å². The van der Waals surface area contributed by atoms with E-state index in [1.165, 1.54) is 17.8 Å². The summed E-state index contributed by atoms with van der Waals surface area (Å²) in [6.07, 6.45) is 4.37. The van der Waals surface area contributed by atoms with Crippen molar-refractivity contribution in [2.45, 2.75) is 51.7 Å². The third-order valence-corrected chi connectivity index (χ3v) is 4.33. The molecule has 4 nitrogen and oxygen atoms in total. The van der Waals surface area contributed by atoms with E-state index in [4.69, 9.17) is 10.5 Å².